The van der Waals surface area contributed by atoms with E-state index < -0.39 is 24.9 Å². The smallest absolute Gasteiger partial charge is 0.426 e. The number of amides is 1. The highest BCUT2D eigenvalue weighted by Gasteiger charge is 2.31. The van der Waals surface area contributed by atoms with Crippen molar-refractivity contribution in [3.63, 3.8) is 0 Å². The zero-order valence-electron chi connectivity index (χ0n) is 18.4. The number of hydrogen-bond acceptors (Lipinski definition) is 4. The van der Waals surface area contributed by atoms with Gasteiger partial charge in [0.05, 0.1) is 11.9 Å². The Balaban J connectivity index is 1.83. The molecule has 2 atom stereocenters. The Morgan fingerprint density at radius 3 is 2.30 bits per heavy atom. The first kappa shape index (κ1) is 24.7. The molecule has 0 aliphatic rings. The topological polar surface area (TPSA) is 86.6 Å². The van der Waals surface area contributed by atoms with Gasteiger partial charge in [-0.2, -0.15) is 0 Å². The highest BCUT2D eigenvalue weighted by Crippen LogP contribution is 2.25. The Kier molecular flexibility index (Phi) is 8.83. The fraction of sp³-hybridized carbons (Fsp3) is 0.231. The van der Waals surface area contributed by atoms with Crippen LogP contribution in [-0.4, -0.2) is 34.8 Å². The van der Waals surface area contributed by atoms with Crippen molar-refractivity contribution in [1.82, 2.24) is 5.32 Å². The monoisotopic (exact) mass is 463 g/mol. The molecule has 0 saturated carbocycles. The second-order valence-corrected chi connectivity index (χ2v) is 8.44. The summed E-state index contributed by atoms with van der Waals surface area (Å²) in [5, 5.41) is 23.1. The van der Waals surface area contributed by atoms with Crippen LogP contribution >= 0.6 is 11.6 Å². The number of hydrogen-bond donors (Lipinski definition) is 3. The molecular weight excluding hydrogens is 437 g/mol. The van der Waals surface area contributed by atoms with E-state index >= 15 is 0 Å². The molecule has 7 heteroatoms. The number of halogens is 1. The number of Topliss-reactive ketones (excluding diaryl/α,β-unsaturated/α-hetero) is 1. The molecule has 0 aromatic heterocycles. The van der Waals surface area contributed by atoms with E-state index in [0.717, 1.165) is 17.5 Å². The maximum atomic E-state index is 13.3. The zero-order valence-corrected chi connectivity index (χ0v) is 19.2. The van der Waals surface area contributed by atoms with Crippen LogP contribution in [0.5, 0.6) is 0 Å². The van der Waals surface area contributed by atoms with Gasteiger partial charge in [0.15, 0.2) is 5.78 Å². The molecule has 33 heavy (non-hydrogen) atoms. The number of ketones is 1. The first-order valence-corrected chi connectivity index (χ1v) is 11.3. The second-order valence-electron chi connectivity index (χ2n) is 8.01. The summed E-state index contributed by atoms with van der Waals surface area (Å²) in [5.41, 5.74) is 3.10. The first-order chi connectivity index (χ1) is 15.9. The number of benzene rings is 3. The minimum atomic E-state index is -1.76. The minimum absolute atomic E-state index is 0.0737. The van der Waals surface area contributed by atoms with Crippen LogP contribution in [0, 0.1) is 0 Å². The molecule has 3 N–H and O–H groups in total. The fourth-order valence-electron chi connectivity index (χ4n) is 3.76. The minimum Gasteiger partial charge on any atom is -0.426 e. The van der Waals surface area contributed by atoms with E-state index in [9.17, 15) is 19.6 Å². The van der Waals surface area contributed by atoms with Crippen LogP contribution in [0.3, 0.4) is 0 Å². The van der Waals surface area contributed by atoms with E-state index in [-0.39, 0.29) is 18.6 Å². The Hall–Kier alpha value is -2.93. The summed E-state index contributed by atoms with van der Waals surface area (Å²) < 4.78 is 0. The van der Waals surface area contributed by atoms with Gasteiger partial charge in [-0.3, -0.25) is 9.59 Å². The number of rotatable bonds is 10. The molecule has 0 saturated heterocycles. The van der Waals surface area contributed by atoms with Crippen LogP contribution in [0.25, 0.3) is 0 Å². The van der Waals surface area contributed by atoms with Gasteiger partial charge >= 0.3 is 7.12 Å². The molecule has 0 radical (unpaired) electrons. The first-order valence-electron chi connectivity index (χ1n) is 11.0. The van der Waals surface area contributed by atoms with E-state index in [1.165, 1.54) is 0 Å². The van der Waals surface area contributed by atoms with Gasteiger partial charge in [-0.15, -0.1) is 0 Å². The van der Waals surface area contributed by atoms with Crippen molar-refractivity contribution < 1.29 is 19.6 Å². The second kappa shape index (κ2) is 11.8. The molecule has 0 aliphatic carbocycles. The van der Waals surface area contributed by atoms with Crippen molar-refractivity contribution >= 4 is 30.4 Å². The number of carbonyl (C=O) groups excluding carboxylic acids is 2. The lowest BCUT2D eigenvalue weighted by molar-refractivity contribution is -0.123. The van der Waals surface area contributed by atoms with Gasteiger partial charge < -0.3 is 15.4 Å². The van der Waals surface area contributed by atoms with E-state index in [1.807, 2.05) is 37.3 Å². The molecular formula is C26H27BClNO4. The van der Waals surface area contributed by atoms with Crippen LogP contribution in [0.1, 0.15) is 46.3 Å². The Morgan fingerprint density at radius 1 is 0.939 bits per heavy atom. The molecule has 0 bridgehead atoms. The molecule has 1 amide bonds. The van der Waals surface area contributed by atoms with Gasteiger partial charge in [0.1, 0.15) is 0 Å². The lowest BCUT2D eigenvalue weighted by Gasteiger charge is -2.23. The van der Waals surface area contributed by atoms with Crippen molar-refractivity contribution in [2.24, 2.45) is 0 Å². The van der Waals surface area contributed by atoms with Crippen molar-refractivity contribution in [2.45, 2.75) is 38.0 Å². The third-order valence-corrected chi connectivity index (χ3v) is 5.83. The van der Waals surface area contributed by atoms with E-state index in [0.29, 0.717) is 16.1 Å². The summed E-state index contributed by atoms with van der Waals surface area (Å²) in [6, 6.07) is 23.3. The van der Waals surface area contributed by atoms with Gasteiger partial charge in [-0.05, 0) is 41.7 Å². The Bertz CT molecular complexity index is 1090. The predicted molar refractivity (Wildman–Crippen MR) is 131 cm³/mol. The molecule has 0 unspecified atom stereocenters. The highest BCUT2D eigenvalue weighted by molar-refractivity contribution is 6.43. The number of aryl methyl sites for hydroxylation is 1. The fourth-order valence-corrected chi connectivity index (χ4v) is 3.96. The van der Waals surface area contributed by atoms with Crippen LogP contribution in [0.4, 0.5) is 0 Å². The largest absolute Gasteiger partial charge is 0.475 e. The molecule has 0 aliphatic heterocycles. The number of carbonyl (C=O) groups is 2. The maximum Gasteiger partial charge on any atom is 0.475 e. The molecule has 170 valence electrons. The van der Waals surface area contributed by atoms with Gasteiger partial charge in [0, 0.05) is 17.0 Å². The summed E-state index contributed by atoms with van der Waals surface area (Å²) in [6.45, 7) is 2.04. The van der Waals surface area contributed by atoms with E-state index in [1.54, 1.807) is 48.5 Å². The highest BCUT2D eigenvalue weighted by atomic mass is 35.5. The summed E-state index contributed by atoms with van der Waals surface area (Å²) in [5.74, 6) is -2.42. The van der Waals surface area contributed by atoms with Gasteiger partial charge in [-0.1, -0.05) is 85.3 Å². The quantitative estimate of drug-likeness (QED) is 0.313. The van der Waals surface area contributed by atoms with Crippen molar-refractivity contribution in [3.8, 4) is 0 Å². The summed E-state index contributed by atoms with van der Waals surface area (Å²) in [7, 11) is -1.76. The van der Waals surface area contributed by atoms with Gasteiger partial charge in [0.2, 0.25) is 5.91 Å². The molecule has 3 aromatic carbocycles. The third kappa shape index (κ3) is 7.03. The SMILES string of the molecule is CCc1cccc(C[C@H](NC(=O)[C@H](CC(=O)c2ccccc2)c2cccc(Cl)c2)B(O)O)c1. The van der Waals surface area contributed by atoms with E-state index in [2.05, 4.69) is 5.32 Å². The average molecular weight is 464 g/mol. The average Bonchev–Trinajstić information content (AvgIpc) is 2.82. The molecule has 3 aromatic rings. The van der Waals surface area contributed by atoms with Gasteiger partial charge in [0.25, 0.3) is 0 Å². The maximum absolute atomic E-state index is 13.3. The predicted octanol–water partition coefficient (Wildman–Crippen LogP) is 4.00. The van der Waals surface area contributed by atoms with Crippen molar-refractivity contribution in [3.05, 3.63) is 106 Å². The van der Waals surface area contributed by atoms with Crippen LogP contribution in [0.2, 0.25) is 5.02 Å². The summed E-state index contributed by atoms with van der Waals surface area (Å²) >= 11 is 6.14. The Labute approximate surface area is 199 Å². The Morgan fingerprint density at radius 2 is 1.64 bits per heavy atom. The molecule has 5 nitrogen and oxygen atoms in total. The standard InChI is InChI=1S/C26H27BClNO4/c1-2-18-8-6-9-19(14-18)15-25(27(32)33)29-26(31)23(21-12-7-13-22(28)16-21)17-24(30)20-10-4-3-5-11-20/h3-14,16,23,25,32-33H,2,15,17H2,1H3,(H,29,31)/t23-,25+/m1/s1. The lowest BCUT2D eigenvalue weighted by atomic mass is 9.75. The molecule has 0 heterocycles. The molecule has 0 spiro atoms. The van der Waals surface area contributed by atoms with Crippen LogP contribution < -0.4 is 5.32 Å². The normalized spacial score (nSPS) is 12.6. The lowest BCUT2D eigenvalue weighted by Crippen LogP contribution is -2.49. The zero-order chi connectivity index (χ0) is 23.8. The van der Waals surface area contributed by atoms with E-state index in [4.69, 9.17) is 11.6 Å². The van der Waals surface area contributed by atoms with Crippen molar-refractivity contribution in [2.75, 3.05) is 0 Å². The van der Waals surface area contributed by atoms with Gasteiger partial charge in [-0.25, -0.2) is 0 Å². The summed E-state index contributed by atoms with van der Waals surface area (Å²) in [4.78, 5) is 26.2. The third-order valence-electron chi connectivity index (χ3n) is 5.60. The van der Waals surface area contributed by atoms with Crippen LogP contribution in [0.15, 0.2) is 78.9 Å². The van der Waals surface area contributed by atoms with Crippen LogP contribution in [-0.2, 0) is 17.6 Å². The summed E-state index contributed by atoms with van der Waals surface area (Å²) in [6.07, 6.45) is 1.02. The van der Waals surface area contributed by atoms with Crippen molar-refractivity contribution in [1.29, 1.82) is 0 Å². The number of nitrogens with one attached hydrogen (secondary N) is 1. The molecule has 3 rings (SSSR count). The molecule has 0 fully saturated rings.